The van der Waals surface area contributed by atoms with Crippen LogP contribution in [0.5, 0.6) is 0 Å². The molecule has 1 aromatic carbocycles. The molecular weight excluding hydrogens is 346 g/mol. The van der Waals surface area contributed by atoms with Crippen molar-refractivity contribution >= 4 is 44.8 Å². The summed E-state index contributed by atoms with van der Waals surface area (Å²) < 4.78 is 0.641. The number of thiophene rings is 1. The minimum atomic E-state index is 0.0280. The largest absolute Gasteiger partial charge is 0.333 e. The summed E-state index contributed by atoms with van der Waals surface area (Å²) >= 11 is 10.6. The van der Waals surface area contributed by atoms with Crippen LogP contribution in [0.15, 0.2) is 42.5 Å². The van der Waals surface area contributed by atoms with Crippen LogP contribution in [-0.4, -0.2) is 22.7 Å². The number of rotatable bonds is 5. The molecule has 0 fully saturated rings. The highest BCUT2D eigenvalue weighted by molar-refractivity contribution is 9.09. The van der Waals surface area contributed by atoms with E-state index in [1.165, 1.54) is 11.3 Å². The molecule has 0 N–H and O–H groups in total. The van der Waals surface area contributed by atoms with Crippen LogP contribution in [0.2, 0.25) is 4.34 Å². The summed E-state index contributed by atoms with van der Waals surface area (Å²) in [6.07, 6.45) is 0. The van der Waals surface area contributed by atoms with Crippen molar-refractivity contribution in [3.8, 4) is 0 Å². The fourth-order valence-corrected chi connectivity index (χ4v) is 3.18. The highest BCUT2D eigenvalue weighted by Crippen LogP contribution is 2.23. The van der Waals surface area contributed by atoms with Crippen molar-refractivity contribution in [2.24, 2.45) is 0 Å². The van der Waals surface area contributed by atoms with E-state index in [9.17, 15) is 4.79 Å². The summed E-state index contributed by atoms with van der Waals surface area (Å²) in [6, 6.07) is 13.5. The third-order valence-electron chi connectivity index (χ3n) is 2.64. The topological polar surface area (TPSA) is 20.3 Å². The van der Waals surface area contributed by atoms with Crippen molar-refractivity contribution in [3.05, 3.63) is 57.2 Å². The Bertz CT molecular complexity index is 543. The van der Waals surface area contributed by atoms with Gasteiger partial charge in [0.2, 0.25) is 0 Å². The summed E-state index contributed by atoms with van der Waals surface area (Å²) in [5.41, 5.74) is 1.12. The second-order valence-electron chi connectivity index (χ2n) is 4.01. The molecule has 1 heterocycles. The van der Waals surface area contributed by atoms with Gasteiger partial charge in [0.15, 0.2) is 0 Å². The summed E-state index contributed by atoms with van der Waals surface area (Å²) in [6.45, 7) is 1.28. The molecule has 2 aromatic rings. The maximum absolute atomic E-state index is 12.4. The molecule has 0 unspecified atom stereocenters. The second kappa shape index (κ2) is 7.08. The highest BCUT2D eigenvalue weighted by Gasteiger charge is 2.17. The third-order valence-corrected chi connectivity index (χ3v) is 4.22. The lowest BCUT2D eigenvalue weighted by atomic mass is 10.2. The van der Waals surface area contributed by atoms with Crippen molar-refractivity contribution in [1.82, 2.24) is 4.90 Å². The number of nitrogens with zero attached hydrogens (tertiary/aromatic N) is 1. The van der Waals surface area contributed by atoms with E-state index in [2.05, 4.69) is 15.9 Å². The first-order chi connectivity index (χ1) is 9.20. The van der Waals surface area contributed by atoms with Crippen LogP contribution in [0.25, 0.3) is 0 Å². The molecule has 2 nitrogen and oxygen atoms in total. The lowest BCUT2D eigenvalue weighted by Gasteiger charge is -2.21. The van der Waals surface area contributed by atoms with Gasteiger partial charge < -0.3 is 4.90 Å². The van der Waals surface area contributed by atoms with E-state index in [1.54, 1.807) is 12.1 Å². The molecule has 0 aliphatic heterocycles. The summed E-state index contributed by atoms with van der Waals surface area (Å²) in [4.78, 5) is 14.9. The molecule has 100 valence electrons. The quantitative estimate of drug-likeness (QED) is 0.724. The molecular formula is C14H13BrClNOS. The Morgan fingerprint density at radius 3 is 2.53 bits per heavy atom. The van der Waals surface area contributed by atoms with Crippen LogP contribution in [0.1, 0.15) is 15.2 Å². The van der Waals surface area contributed by atoms with Crippen molar-refractivity contribution in [2.45, 2.75) is 6.54 Å². The SMILES string of the molecule is O=C(c1ccc(Cl)s1)N(CCBr)Cc1ccccc1. The number of benzene rings is 1. The molecule has 0 saturated heterocycles. The van der Waals surface area contributed by atoms with Gasteiger partial charge in [-0.1, -0.05) is 57.9 Å². The zero-order chi connectivity index (χ0) is 13.7. The average Bonchev–Trinajstić information content (AvgIpc) is 2.85. The van der Waals surface area contributed by atoms with Crippen molar-refractivity contribution < 1.29 is 4.79 Å². The van der Waals surface area contributed by atoms with Crippen LogP contribution in [0.3, 0.4) is 0 Å². The van der Waals surface area contributed by atoms with Gasteiger partial charge in [-0.15, -0.1) is 11.3 Å². The molecule has 0 aliphatic carbocycles. The minimum absolute atomic E-state index is 0.0280. The number of alkyl halides is 1. The lowest BCUT2D eigenvalue weighted by Crippen LogP contribution is -2.31. The molecule has 0 aliphatic rings. The number of carbonyl (C=O) groups excluding carboxylic acids is 1. The summed E-state index contributed by atoms with van der Waals surface area (Å²) in [7, 11) is 0. The van der Waals surface area contributed by atoms with Gasteiger partial charge in [0.25, 0.3) is 5.91 Å². The zero-order valence-corrected chi connectivity index (χ0v) is 13.3. The third kappa shape index (κ3) is 4.06. The molecule has 1 aromatic heterocycles. The Morgan fingerprint density at radius 1 is 1.21 bits per heavy atom. The Balaban J connectivity index is 2.13. The van der Waals surface area contributed by atoms with Crippen molar-refractivity contribution in [3.63, 3.8) is 0 Å². The van der Waals surface area contributed by atoms with Gasteiger partial charge in [0.05, 0.1) is 9.21 Å². The number of hydrogen-bond donors (Lipinski definition) is 0. The van der Waals surface area contributed by atoms with E-state index in [4.69, 9.17) is 11.6 Å². The number of carbonyl (C=O) groups is 1. The molecule has 19 heavy (non-hydrogen) atoms. The molecule has 0 saturated carbocycles. The van der Waals surface area contributed by atoms with E-state index >= 15 is 0 Å². The van der Waals surface area contributed by atoms with Gasteiger partial charge in [-0.2, -0.15) is 0 Å². The first-order valence-electron chi connectivity index (χ1n) is 5.85. The normalized spacial score (nSPS) is 10.4. The molecule has 5 heteroatoms. The van der Waals surface area contributed by atoms with Gasteiger partial charge >= 0.3 is 0 Å². The molecule has 1 amide bonds. The second-order valence-corrected chi connectivity index (χ2v) is 6.51. The van der Waals surface area contributed by atoms with Crippen LogP contribution in [0.4, 0.5) is 0 Å². The minimum Gasteiger partial charge on any atom is -0.333 e. The smallest absolute Gasteiger partial charge is 0.264 e. The van der Waals surface area contributed by atoms with E-state index in [0.29, 0.717) is 22.3 Å². The Hall–Kier alpha value is -0.840. The fourth-order valence-electron chi connectivity index (χ4n) is 1.74. The van der Waals surface area contributed by atoms with Crippen LogP contribution < -0.4 is 0 Å². The van der Waals surface area contributed by atoms with Crippen molar-refractivity contribution in [2.75, 3.05) is 11.9 Å². The standard InChI is InChI=1S/C14H13BrClNOS/c15-8-9-17(10-11-4-2-1-3-5-11)14(18)12-6-7-13(16)19-12/h1-7H,8-10H2. The van der Waals surface area contributed by atoms with Gasteiger partial charge in [-0.05, 0) is 17.7 Å². The molecule has 2 rings (SSSR count). The average molecular weight is 359 g/mol. The predicted octanol–water partition coefficient (Wildman–Crippen LogP) is 4.44. The van der Waals surface area contributed by atoms with E-state index in [0.717, 1.165) is 10.9 Å². The van der Waals surface area contributed by atoms with E-state index < -0.39 is 0 Å². The molecule has 0 spiro atoms. The Morgan fingerprint density at radius 2 is 1.95 bits per heavy atom. The molecule has 0 bridgehead atoms. The van der Waals surface area contributed by atoms with Gasteiger partial charge in [0, 0.05) is 18.4 Å². The predicted molar refractivity (Wildman–Crippen MR) is 84.3 cm³/mol. The number of hydrogen-bond acceptors (Lipinski definition) is 2. The zero-order valence-electron chi connectivity index (χ0n) is 10.2. The van der Waals surface area contributed by atoms with Crippen LogP contribution in [-0.2, 0) is 6.54 Å². The summed E-state index contributed by atoms with van der Waals surface area (Å²) in [5.74, 6) is 0.0280. The van der Waals surface area contributed by atoms with Crippen molar-refractivity contribution in [1.29, 1.82) is 0 Å². The van der Waals surface area contributed by atoms with Crippen LogP contribution in [0, 0.1) is 0 Å². The lowest BCUT2D eigenvalue weighted by molar-refractivity contribution is 0.0759. The maximum Gasteiger partial charge on any atom is 0.264 e. The molecule has 0 atom stereocenters. The molecule has 0 radical (unpaired) electrons. The maximum atomic E-state index is 12.4. The Labute approximate surface area is 130 Å². The number of halogens is 2. The monoisotopic (exact) mass is 357 g/mol. The number of amides is 1. The summed E-state index contributed by atoms with van der Waals surface area (Å²) in [5, 5.41) is 0.755. The van der Waals surface area contributed by atoms with E-state index in [1.807, 2.05) is 35.2 Å². The van der Waals surface area contributed by atoms with Gasteiger partial charge in [0.1, 0.15) is 0 Å². The highest BCUT2D eigenvalue weighted by atomic mass is 79.9. The van der Waals surface area contributed by atoms with Crippen LogP contribution >= 0.6 is 38.9 Å². The fraction of sp³-hybridized carbons (Fsp3) is 0.214. The van der Waals surface area contributed by atoms with Gasteiger partial charge in [-0.3, -0.25) is 4.79 Å². The first kappa shape index (κ1) is 14.6. The first-order valence-corrected chi connectivity index (χ1v) is 8.17. The van der Waals surface area contributed by atoms with Gasteiger partial charge in [-0.25, -0.2) is 0 Å². The van der Waals surface area contributed by atoms with E-state index in [-0.39, 0.29) is 5.91 Å². The Kier molecular flexibility index (Phi) is 5.43.